The van der Waals surface area contributed by atoms with E-state index in [1.807, 2.05) is 105 Å². The van der Waals surface area contributed by atoms with Gasteiger partial charge in [-0.05, 0) is 56.7 Å². The van der Waals surface area contributed by atoms with Crippen molar-refractivity contribution in [2.24, 2.45) is 0 Å². The molecule has 0 heterocycles. The first-order chi connectivity index (χ1) is 15.8. The number of para-hydroxylation sites is 2. The zero-order valence-corrected chi connectivity index (χ0v) is 21.0. The highest BCUT2D eigenvalue weighted by atomic mass is 31.2. The molecule has 32 heavy (non-hydrogen) atoms. The molecule has 0 atom stereocenters. The van der Waals surface area contributed by atoms with E-state index < -0.39 is 16.8 Å². The predicted molar refractivity (Wildman–Crippen MR) is 137 cm³/mol. The average Bonchev–Trinajstić information content (AvgIpc) is 2.85. The normalized spacial score (nSPS) is 10.5. The molecular weight excluding hydrogens is 438 g/mol. The van der Waals surface area contributed by atoms with E-state index in [4.69, 9.17) is 18.1 Å². The Bertz CT molecular complexity index is 772. The van der Waals surface area contributed by atoms with Gasteiger partial charge in [0, 0.05) is 6.16 Å². The molecule has 3 rings (SSSR count). The van der Waals surface area contributed by atoms with Crippen molar-refractivity contribution in [2.75, 3.05) is 19.4 Å². The van der Waals surface area contributed by atoms with Crippen molar-refractivity contribution in [2.45, 2.75) is 33.6 Å². The van der Waals surface area contributed by atoms with Crippen LogP contribution in [0, 0.1) is 0 Å². The molecule has 0 fully saturated rings. The fourth-order valence-electron chi connectivity index (χ4n) is 2.57. The zero-order valence-electron chi connectivity index (χ0n) is 19.2. The third-order valence-corrected chi connectivity index (χ3v) is 7.32. The summed E-state index contributed by atoms with van der Waals surface area (Å²) in [6, 6.07) is 29.5. The minimum absolute atomic E-state index is 0.567. The molecule has 0 radical (unpaired) electrons. The van der Waals surface area contributed by atoms with Crippen LogP contribution < -0.4 is 14.4 Å². The minimum atomic E-state index is -1.21. The lowest BCUT2D eigenvalue weighted by molar-refractivity contribution is 0.269. The second-order valence-corrected chi connectivity index (χ2v) is 9.67. The molecule has 0 aliphatic rings. The highest BCUT2D eigenvalue weighted by Gasteiger charge is 2.17. The molecule has 0 spiro atoms. The second-order valence-electron chi connectivity index (χ2n) is 6.65. The van der Waals surface area contributed by atoms with E-state index in [1.165, 1.54) is 12.8 Å². The van der Waals surface area contributed by atoms with Crippen LogP contribution in [0.5, 0.6) is 11.5 Å². The molecule has 0 unspecified atom stereocenters. The van der Waals surface area contributed by atoms with Gasteiger partial charge in [-0.1, -0.05) is 67.9 Å². The Labute approximate surface area is 195 Å². The molecule has 0 aromatic heterocycles. The molecule has 3 aromatic rings. The van der Waals surface area contributed by atoms with Crippen molar-refractivity contribution >= 4 is 22.1 Å². The SMILES string of the molecule is CCCCP(OCC)OCC.c1ccc(OP(Oc2ccccc2)c2ccccc2)cc1. The smallest absolute Gasteiger partial charge is 0.326 e. The van der Waals surface area contributed by atoms with Gasteiger partial charge in [0.1, 0.15) is 11.5 Å². The van der Waals surface area contributed by atoms with E-state index in [1.54, 1.807) is 0 Å². The van der Waals surface area contributed by atoms with E-state index in [0.29, 0.717) is 0 Å². The summed E-state index contributed by atoms with van der Waals surface area (Å²) < 4.78 is 22.9. The van der Waals surface area contributed by atoms with E-state index in [-0.39, 0.29) is 0 Å². The molecule has 0 aliphatic carbocycles. The number of rotatable bonds is 12. The van der Waals surface area contributed by atoms with Crippen LogP contribution in [0.1, 0.15) is 33.6 Å². The lowest BCUT2D eigenvalue weighted by atomic mass is 10.3. The Morgan fingerprint density at radius 1 is 0.594 bits per heavy atom. The van der Waals surface area contributed by atoms with Gasteiger partial charge < -0.3 is 18.1 Å². The first-order valence-electron chi connectivity index (χ1n) is 11.1. The molecule has 172 valence electrons. The number of unbranched alkanes of at least 4 members (excludes halogenated alkanes) is 1. The summed E-state index contributed by atoms with van der Waals surface area (Å²) in [7, 11) is -1.78. The van der Waals surface area contributed by atoms with Crippen molar-refractivity contribution in [3.8, 4) is 11.5 Å². The molecule has 0 saturated heterocycles. The van der Waals surface area contributed by atoms with E-state index >= 15 is 0 Å². The van der Waals surface area contributed by atoms with E-state index in [0.717, 1.165) is 36.2 Å². The second kappa shape index (κ2) is 16.6. The van der Waals surface area contributed by atoms with Crippen molar-refractivity contribution in [3.05, 3.63) is 91.0 Å². The largest absolute Gasteiger partial charge is 0.435 e. The summed E-state index contributed by atoms with van der Waals surface area (Å²) in [5.41, 5.74) is 0. The molecular formula is C26H34O4P2. The summed E-state index contributed by atoms with van der Waals surface area (Å²) in [6.45, 7) is 7.76. The van der Waals surface area contributed by atoms with Crippen molar-refractivity contribution in [1.82, 2.24) is 0 Å². The standard InChI is InChI=1S/C18H15O2P.C8H19O2P/c1-4-10-16(11-5-1)19-21(18-14-8-3-9-15-18)20-17-12-6-2-7-13-17;1-4-7-8-11(9-5-2)10-6-3/h1-15H;4-8H2,1-3H3. The Balaban J connectivity index is 0.000000282. The van der Waals surface area contributed by atoms with Crippen molar-refractivity contribution < 1.29 is 18.1 Å². The molecule has 0 bridgehead atoms. The van der Waals surface area contributed by atoms with Crippen molar-refractivity contribution in [1.29, 1.82) is 0 Å². The highest BCUT2D eigenvalue weighted by molar-refractivity contribution is 7.56. The molecule has 4 nitrogen and oxygen atoms in total. The van der Waals surface area contributed by atoms with Gasteiger partial charge in [-0.15, -0.1) is 0 Å². The summed E-state index contributed by atoms with van der Waals surface area (Å²) in [6.07, 6.45) is 3.53. The summed E-state index contributed by atoms with van der Waals surface area (Å²) in [4.78, 5) is 0. The minimum Gasteiger partial charge on any atom is -0.435 e. The third-order valence-electron chi connectivity index (χ3n) is 4.07. The fourth-order valence-corrected chi connectivity index (χ4v) is 5.34. The molecule has 0 amide bonds. The maximum Gasteiger partial charge on any atom is 0.326 e. The first-order valence-corrected chi connectivity index (χ1v) is 13.6. The molecule has 0 aliphatic heterocycles. The van der Waals surface area contributed by atoms with Crippen LogP contribution in [-0.2, 0) is 9.05 Å². The maximum atomic E-state index is 6.05. The van der Waals surface area contributed by atoms with Crippen LogP contribution in [0.4, 0.5) is 0 Å². The molecule has 0 N–H and O–H groups in total. The number of hydrogen-bond acceptors (Lipinski definition) is 4. The average molecular weight is 473 g/mol. The Morgan fingerprint density at radius 3 is 1.44 bits per heavy atom. The van der Waals surface area contributed by atoms with Crippen molar-refractivity contribution in [3.63, 3.8) is 0 Å². The fraction of sp³-hybridized carbons (Fsp3) is 0.308. The monoisotopic (exact) mass is 472 g/mol. The van der Waals surface area contributed by atoms with Crippen LogP contribution in [-0.4, -0.2) is 19.4 Å². The van der Waals surface area contributed by atoms with E-state index in [9.17, 15) is 0 Å². The van der Waals surface area contributed by atoms with E-state index in [2.05, 4.69) is 6.92 Å². The van der Waals surface area contributed by atoms with Crippen LogP contribution in [0.3, 0.4) is 0 Å². The van der Waals surface area contributed by atoms with Gasteiger partial charge in [-0.25, -0.2) is 0 Å². The molecule has 3 aromatic carbocycles. The number of hydrogen-bond donors (Lipinski definition) is 0. The lowest BCUT2D eigenvalue weighted by Gasteiger charge is -2.18. The quantitative estimate of drug-likeness (QED) is 0.251. The Hall–Kier alpha value is -1.96. The van der Waals surface area contributed by atoms with Crippen LogP contribution in [0.2, 0.25) is 0 Å². The first kappa shape index (κ1) is 26.3. The maximum absolute atomic E-state index is 6.05. The van der Waals surface area contributed by atoms with Gasteiger partial charge in [0.15, 0.2) is 8.38 Å². The number of benzene rings is 3. The third kappa shape index (κ3) is 10.6. The highest BCUT2D eigenvalue weighted by Crippen LogP contribution is 2.39. The Kier molecular flexibility index (Phi) is 13.7. The lowest BCUT2D eigenvalue weighted by Crippen LogP contribution is -2.09. The summed E-state index contributed by atoms with van der Waals surface area (Å²) in [5, 5.41) is 1.04. The van der Waals surface area contributed by atoms with Gasteiger partial charge in [-0.3, -0.25) is 0 Å². The van der Waals surface area contributed by atoms with Gasteiger partial charge in [-0.2, -0.15) is 0 Å². The summed E-state index contributed by atoms with van der Waals surface area (Å²) in [5.74, 6) is 1.62. The van der Waals surface area contributed by atoms with Gasteiger partial charge >= 0.3 is 8.38 Å². The molecule has 6 heteroatoms. The Morgan fingerprint density at radius 2 is 1.03 bits per heavy atom. The molecule has 0 saturated carbocycles. The topological polar surface area (TPSA) is 36.9 Å². The van der Waals surface area contributed by atoms with Gasteiger partial charge in [0.25, 0.3) is 0 Å². The van der Waals surface area contributed by atoms with Crippen LogP contribution in [0.15, 0.2) is 91.0 Å². The van der Waals surface area contributed by atoms with Gasteiger partial charge in [0.05, 0.1) is 18.5 Å². The summed E-state index contributed by atoms with van der Waals surface area (Å²) >= 11 is 0. The predicted octanol–water partition coefficient (Wildman–Crippen LogP) is 7.95. The zero-order chi connectivity index (χ0) is 22.9. The van der Waals surface area contributed by atoms with Crippen LogP contribution >= 0.6 is 16.8 Å². The van der Waals surface area contributed by atoms with Crippen LogP contribution in [0.25, 0.3) is 0 Å². The van der Waals surface area contributed by atoms with Gasteiger partial charge in [0.2, 0.25) is 0 Å².